The lowest BCUT2D eigenvalue weighted by molar-refractivity contribution is -0.142. The summed E-state index contributed by atoms with van der Waals surface area (Å²) in [6, 6.07) is -0.994. The molecule has 1 saturated carbocycles. The van der Waals surface area contributed by atoms with Gasteiger partial charge in [-0.25, -0.2) is 8.78 Å². The van der Waals surface area contributed by atoms with Gasteiger partial charge in [0.2, 0.25) is 5.92 Å². The third-order valence-corrected chi connectivity index (χ3v) is 2.08. The van der Waals surface area contributed by atoms with Crippen molar-refractivity contribution in [1.82, 2.24) is 0 Å². The molecule has 5 heteroatoms. The maximum absolute atomic E-state index is 12.3. The molecule has 0 amide bonds. The van der Waals surface area contributed by atoms with E-state index in [4.69, 9.17) is 10.8 Å². The third-order valence-electron chi connectivity index (χ3n) is 2.08. The van der Waals surface area contributed by atoms with Gasteiger partial charge in [-0.1, -0.05) is 0 Å². The van der Waals surface area contributed by atoms with Crippen molar-refractivity contribution in [2.24, 2.45) is 11.7 Å². The summed E-state index contributed by atoms with van der Waals surface area (Å²) in [5, 5.41) is 8.37. The molecule has 1 aliphatic rings. The van der Waals surface area contributed by atoms with Crippen LogP contribution >= 0.6 is 0 Å². The summed E-state index contributed by atoms with van der Waals surface area (Å²) in [6.07, 6.45) is -0.271. The summed E-state index contributed by atoms with van der Waals surface area (Å²) >= 11 is 0. The van der Waals surface area contributed by atoms with E-state index in [0.29, 0.717) is 0 Å². The maximum Gasteiger partial charge on any atom is 0.320 e. The van der Waals surface area contributed by atoms with E-state index < -0.39 is 17.9 Å². The van der Waals surface area contributed by atoms with Gasteiger partial charge in [0.1, 0.15) is 6.04 Å². The summed E-state index contributed by atoms with van der Waals surface area (Å²) in [7, 11) is 0. The minimum Gasteiger partial charge on any atom is -0.480 e. The molecular weight excluding hydrogens is 168 g/mol. The third kappa shape index (κ3) is 2.14. The first-order valence-electron chi connectivity index (χ1n) is 3.77. The van der Waals surface area contributed by atoms with Crippen LogP contribution in [0.25, 0.3) is 0 Å². The second-order valence-electron chi connectivity index (χ2n) is 3.31. The summed E-state index contributed by atoms with van der Waals surface area (Å²) in [6.45, 7) is 0. The fraction of sp³-hybridized carbons (Fsp3) is 0.857. The first-order valence-corrected chi connectivity index (χ1v) is 3.77. The molecule has 3 nitrogen and oxygen atoms in total. The highest BCUT2D eigenvalue weighted by Crippen LogP contribution is 2.44. The highest BCUT2D eigenvalue weighted by atomic mass is 19.3. The molecule has 3 N–H and O–H groups in total. The Morgan fingerprint density at radius 2 is 2.17 bits per heavy atom. The van der Waals surface area contributed by atoms with Gasteiger partial charge >= 0.3 is 5.97 Å². The number of hydrogen-bond donors (Lipinski definition) is 2. The summed E-state index contributed by atoms with van der Waals surface area (Å²) in [4.78, 5) is 10.2. The van der Waals surface area contributed by atoms with Crippen molar-refractivity contribution in [3.63, 3.8) is 0 Å². The predicted octanol–water partition coefficient (Wildman–Crippen LogP) is 0.834. The van der Waals surface area contributed by atoms with Gasteiger partial charge in [-0.2, -0.15) is 0 Å². The van der Waals surface area contributed by atoms with Crippen LogP contribution in [0.5, 0.6) is 0 Å². The van der Waals surface area contributed by atoms with Gasteiger partial charge < -0.3 is 10.8 Å². The molecule has 0 aromatic heterocycles. The molecule has 0 aromatic carbocycles. The molecular formula is C7H11F2NO2. The minimum absolute atomic E-state index is 0.158. The van der Waals surface area contributed by atoms with Gasteiger partial charge in [-0.15, -0.1) is 0 Å². The second-order valence-corrected chi connectivity index (χ2v) is 3.31. The van der Waals surface area contributed by atoms with E-state index in [9.17, 15) is 13.6 Å². The highest BCUT2D eigenvalue weighted by molar-refractivity contribution is 5.73. The van der Waals surface area contributed by atoms with Crippen LogP contribution in [-0.2, 0) is 4.79 Å². The number of carbonyl (C=O) groups is 1. The smallest absolute Gasteiger partial charge is 0.320 e. The average molecular weight is 179 g/mol. The SMILES string of the molecule is N[C@H](CC1CC(F)(F)C1)C(=O)O. The molecule has 0 radical (unpaired) electrons. The zero-order valence-electron chi connectivity index (χ0n) is 6.46. The molecule has 1 fully saturated rings. The molecule has 0 bridgehead atoms. The van der Waals surface area contributed by atoms with Crippen molar-refractivity contribution >= 4 is 5.97 Å². The van der Waals surface area contributed by atoms with Gasteiger partial charge in [0.05, 0.1) is 0 Å². The summed E-state index contributed by atoms with van der Waals surface area (Å²) in [5.41, 5.74) is 5.17. The number of alkyl halides is 2. The maximum atomic E-state index is 12.3. The van der Waals surface area contributed by atoms with Crippen molar-refractivity contribution in [2.75, 3.05) is 0 Å². The van der Waals surface area contributed by atoms with E-state index in [2.05, 4.69) is 0 Å². The lowest BCUT2D eigenvalue weighted by atomic mass is 9.77. The van der Waals surface area contributed by atoms with Crippen molar-refractivity contribution in [1.29, 1.82) is 0 Å². The number of carboxylic acids is 1. The Labute approximate surface area is 68.5 Å². The van der Waals surface area contributed by atoms with E-state index >= 15 is 0 Å². The number of halogens is 2. The Hall–Kier alpha value is -0.710. The van der Waals surface area contributed by atoms with E-state index in [1.54, 1.807) is 0 Å². The number of aliphatic carboxylic acids is 1. The molecule has 0 spiro atoms. The van der Waals surface area contributed by atoms with Gasteiger partial charge in [-0.3, -0.25) is 4.79 Å². The zero-order chi connectivity index (χ0) is 9.35. The Kier molecular flexibility index (Phi) is 2.32. The summed E-state index contributed by atoms with van der Waals surface area (Å²) in [5.74, 6) is -3.92. The molecule has 1 rings (SSSR count). The van der Waals surface area contributed by atoms with E-state index in [0.717, 1.165) is 0 Å². The Bertz CT molecular complexity index is 188. The first-order chi connectivity index (χ1) is 5.41. The van der Waals surface area contributed by atoms with E-state index in [-0.39, 0.29) is 25.2 Å². The van der Waals surface area contributed by atoms with Gasteiger partial charge in [0.15, 0.2) is 0 Å². The van der Waals surface area contributed by atoms with Crippen LogP contribution < -0.4 is 5.73 Å². The fourth-order valence-corrected chi connectivity index (χ4v) is 1.41. The number of nitrogens with two attached hydrogens (primary N) is 1. The van der Waals surface area contributed by atoms with Crippen LogP contribution in [-0.4, -0.2) is 23.0 Å². The zero-order valence-corrected chi connectivity index (χ0v) is 6.46. The monoisotopic (exact) mass is 179 g/mol. The lowest BCUT2D eigenvalue weighted by Gasteiger charge is -2.35. The minimum atomic E-state index is -2.58. The molecule has 12 heavy (non-hydrogen) atoms. The number of hydrogen-bond acceptors (Lipinski definition) is 2. The average Bonchev–Trinajstić information content (AvgIpc) is 1.83. The van der Waals surface area contributed by atoms with Crippen molar-refractivity contribution in [3.05, 3.63) is 0 Å². The molecule has 0 unspecified atom stereocenters. The van der Waals surface area contributed by atoms with Crippen LogP contribution in [0.3, 0.4) is 0 Å². The van der Waals surface area contributed by atoms with Crippen molar-refractivity contribution < 1.29 is 18.7 Å². The molecule has 0 saturated heterocycles. The Balaban J connectivity index is 2.23. The first kappa shape index (κ1) is 9.38. The Morgan fingerprint density at radius 1 is 1.67 bits per heavy atom. The molecule has 1 aliphatic carbocycles. The predicted molar refractivity (Wildman–Crippen MR) is 37.9 cm³/mol. The van der Waals surface area contributed by atoms with Crippen LogP contribution in [0.2, 0.25) is 0 Å². The van der Waals surface area contributed by atoms with Gasteiger partial charge in [0, 0.05) is 12.8 Å². The number of rotatable bonds is 3. The Morgan fingerprint density at radius 3 is 2.50 bits per heavy atom. The normalized spacial score (nSPS) is 24.6. The van der Waals surface area contributed by atoms with Crippen LogP contribution in [0, 0.1) is 5.92 Å². The van der Waals surface area contributed by atoms with Crippen LogP contribution in [0.4, 0.5) is 8.78 Å². The highest BCUT2D eigenvalue weighted by Gasteiger charge is 2.45. The van der Waals surface area contributed by atoms with Gasteiger partial charge in [0.25, 0.3) is 0 Å². The van der Waals surface area contributed by atoms with Gasteiger partial charge in [-0.05, 0) is 12.3 Å². The lowest BCUT2D eigenvalue weighted by Crippen LogP contribution is -2.41. The largest absolute Gasteiger partial charge is 0.480 e. The molecule has 0 aliphatic heterocycles. The van der Waals surface area contributed by atoms with Crippen molar-refractivity contribution in [3.8, 4) is 0 Å². The second kappa shape index (κ2) is 2.97. The molecule has 1 atom stereocenters. The van der Waals surface area contributed by atoms with E-state index in [1.807, 2.05) is 0 Å². The standard InChI is InChI=1S/C7H11F2NO2/c8-7(9)2-4(3-7)1-5(10)6(11)12/h4-5H,1-3,10H2,(H,11,12)/t5-/m1/s1. The van der Waals surface area contributed by atoms with E-state index in [1.165, 1.54) is 0 Å². The van der Waals surface area contributed by atoms with Crippen LogP contribution in [0.15, 0.2) is 0 Å². The molecule has 0 heterocycles. The topological polar surface area (TPSA) is 63.3 Å². The quantitative estimate of drug-likeness (QED) is 0.674. The van der Waals surface area contributed by atoms with Crippen molar-refractivity contribution in [2.45, 2.75) is 31.2 Å². The molecule has 0 aromatic rings. The summed E-state index contributed by atoms with van der Waals surface area (Å²) < 4.78 is 24.5. The number of carboxylic acid groups (broad SMARTS) is 1. The van der Waals surface area contributed by atoms with Crippen LogP contribution in [0.1, 0.15) is 19.3 Å². The fourth-order valence-electron chi connectivity index (χ4n) is 1.41. The molecule has 70 valence electrons.